The molecule has 0 aromatic heterocycles. The van der Waals surface area contributed by atoms with Crippen LogP contribution in [0, 0.1) is 0 Å². The lowest BCUT2D eigenvalue weighted by molar-refractivity contribution is -0.130. The Morgan fingerprint density at radius 2 is 0.936 bits per heavy atom. The molecule has 1 fully saturated rings. The minimum absolute atomic E-state index is 0.0191. The summed E-state index contributed by atoms with van der Waals surface area (Å²) in [4.78, 5) is 131. The first-order chi connectivity index (χ1) is 59.6. The maximum atomic E-state index is 15.2. The van der Waals surface area contributed by atoms with Crippen LogP contribution in [-0.2, 0) is 114 Å². The van der Waals surface area contributed by atoms with E-state index >= 15 is 9.59 Å². The van der Waals surface area contributed by atoms with Crippen LogP contribution in [0.15, 0.2) is 152 Å². The van der Waals surface area contributed by atoms with Gasteiger partial charge in [0, 0.05) is 82.4 Å². The number of carbonyl (C=O) groups excluding carboxylic acids is 9. The Balaban J connectivity index is 1.31. The molecule has 5 aromatic rings. The van der Waals surface area contributed by atoms with Crippen LogP contribution in [0.25, 0.3) is 0 Å². The highest BCUT2D eigenvalue weighted by Crippen LogP contribution is 2.21. The fraction of sp³-hybridized carbons (Fsp3) is 0.547. The number of nitrogens with two attached hydrogens (primary N) is 5. The summed E-state index contributed by atoms with van der Waals surface area (Å²) in [5.41, 5.74) is 32.2. The second-order valence-corrected chi connectivity index (χ2v) is 40.0. The van der Waals surface area contributed by atoms with E-state index in [0.29, 0.717) is 85.9 Å². The lowest BCUT2D eigenvalue weighted by Crippen LogP contribution is -2.58. The highest BCUT2D eigenvalue weighted by Gasteiger charge is 2.38. The average molecular weight is 1820 g/mol. The highest BCUT2D eigenvalue weighted by atomic mass is 32.2. The zero-order valence-corrected chi connectivity index (χ0v) is 75.4. The quantitative estimate of drug-likeness (QED) is 0.0234. The van der Waals surface area contributed by atoms with Crippen molar-refractivity contribution in [3.8, 4) is 0 Å². The molecule has 1 aliphatic heterocycles. The lowest BCUT2D eigenvalue weighted by atomic mass is 10.0. The molecule has 0 radical (unpaired) electrons. The zero-order chi connectivity index (χ0) is 91.4. The number of ketones is 1. The van der Waals surface area contributed by atoms with Crippen molar-refractivity contribution in [3.05, 3.63) is 179 Å². The molecule has 1 saturated heterocycles. The van der Waals surface area contributed by atoms with E-state index in [2.05, 4.69) is 47.9 Å². The Kier molecular flexibility index (Phi) is 45.9. The van der Waals surface area contributed by atoms with Gasteiger partial charge >= 0.3 is 0 Å². The van der Waals surface area contributed by atoms with E-state index in [9.17, 15) is 67.2 Å². The van der Waals surface area contributed by atoms with Crippen LogP contribution in [-0.4, -0.2) is 261 Å². The molecule has 8 amide bonds. The molecule has 692 valence electrons. The summed E-state index contributed by atoms with van der Waals surface area (Å²) in [6.45, 7) is -0.211. The largest absolute Gasteiger partial charge is 0.356 e. The van der Waals surface area contributed by atoms with E-state index < -0.39 is 223 Å². The van der Waals surface area contributed by atoms with Gasteiger partial charge in [-0.05, 0) is 144 Å². The van der Waals surface area contributed by atoms with Gasteiger partial charge in [0.1, 0.15) is 23.9 Å². The molecule has 125 heavy (non-hydrogen) atoms. The van der Waals surface area contributed by atoms with Crippen molar-refractivity contribution in [1.29, 1.82) is 0 Å². The second kappa shape index (κ2) is 54.8. The van der Waals surface area contributed by atoms with E-state index in [1.807, 2.05) is 13.8 Å². The topological polar surface area (TPSA) is 542 Å². The Labute approximate surface area is 737 Å². The maximum absolute atomic E-state index is 15.2. The average Bonchev–Trinajstić information content (AvgIpc) is 0.835. The van der Waals surface area contributed by atoms with Crippen molar-refractivity contribution in [3.63, 3.8) is 0 Å². The number of nitrogens with one attached hydrogen (secondary N) is 9. The van der Waals surface area contributed by atoms with Crippen LogP contribution in [0.2, 0.25) is 0 Å². The number of rotatable bonds is 52. The fourth-order valence-electron chi connectivity index (χ4n) is 14.5. The minimum Gasteiger partial charge on any atom is -0.356 e. The number of sulfonamides is 4. The molecule has 8 unspecified atom stereocenters. The van der Waals surface area contributed by atoms with Crippen LogP contribution in [0.4, 0.5) is 0 Å². The normalized spacial score (nSPS) is 17.0. The third-order valence-corrected chi connectivity index (χ3v) is 27.9. The Morgan fingerprint density at radius 1 is 0.480 bits per heavy atom. The number of amides is 8. The summed E-state index contributed by atoms with van der Waals surface area (Å²) in [6.07, 6.45) is 2.83. The molecule has 39 heteroatoms. The number of hydrogen-bond donors (Lipinski definition) is 14. The van der Waals surface area contributed by atoms with Crippen molar-refractivity contribution in [2.45, 2.75) is 196 Å². The van der Waals surface area contributed by atoms with Gasteiger partial charge in [0.25, 0.3) is 0 Å². The molecule has 35 nitrogen and oxygen atoms in total. The standard InChI is InChI=1S/C86H132N18O17S4/c1-64(2)93-75(38-20-24-44-88)83(110)94-71(37-19-23-43-87)55-104(125(120,121)63-70-35-17-8-18-36-70)61-82(109)100-78-41-42-79(106)92-48-26-22-40-77(99-81(108)60-103(123(116,117)50-47-91)58-74(97-86(78)113)53-68-31-13-6-14-32-68)85(112)96-73(52-67-29-11-5-12-30-67)57-102(122(114,115)49-46-90)59-80(107)98-76(39-21-25-45-89)84(111)95-72(51-66-27-9-4-10-28-66)56-101(54-65(3)105)124(118,119)62-69-33-15-7-16-34-69/h4-18,27-36,64,71-78,93H,19-26,37-63,87-91H2,1-3H3,(H,92,106)(H,94,110)(H,95,111)(H,96,112)(H,97,113)(H,98,107)(H,99,108)(H,100,109). The Bertz CT molecular complexity index is 4640. The number of Topliss-reactive ketones (excluding diaryl/α,β-unsaturated/α-hetero) is 1. The molecule has 1 aliphatic rings. The summed E-state index contributed by atoms with van der Waals surface area (Å²) in [6, 6.07) is 33.0. The second-order valence-electron chi connectivity index (χ2n) is 31.9. The molecule has 0 bridgehead atoms. The minimum atomic E-state index is -4.55. The smallest absolute Gasteiger partial charge is 0.242 e. The summed E-state index contributed by atoms with van der Waals surface area (Å²) >= 11 is 0. The van der Waals surface area contributed by atoms with Crippen molar-refractivity contribution in [1.82, 2.24) is 65.1 Å². The summed E-state index contributed by atoms with van der Waals surface area (Å²) < 4.78 is 120. The lowest BCUT2D eigenvalue weighted by Gasteiger charge is -2.31. The van der Waals surface area contributed by atoms with Crippen LogP contribution >= 0.6 is 0 Å². The number of hydrogen-bond acceptors (Lipinski definition) is 23. The number of carbonyl (C=O) groups is 9. The Hall–Kier alpha value is -9.07. The van der Waals surface area contributed by atoms with E-state index in [0.717, 1.165) is 17.2 Å². The van der Waals surface area contributed by atoms with Crippen molar-refractivity contribution in [2.24, 2.45) is 28.7 Å². The van der Waals surface area contributed by atoms with E-state index in [4.69, 9.17) is 28.7 Å². The first kappa shape index (κ1) is 105. The van der Waals surface area contributed by atoms with Gasteiger partial charge in [-0.1, -0.05) is 178 Å². The molecule has 6 rings (SSSR count). The number of unbranched alkanes of at least 4 members (excludes halogenated alkanes) is 3. The molecular weight excluding hydrogens is 1690 g/mol. The third kappa shape index (κ3) is 39.4. The van der Waals surface area contributed by atoms with Crippen LogP contribution < -0.4 is 76.5 Å². The molecule has 5 aromatic carbocycles. The van der Waals surface area contributed by atoms with Gasteiger partial charge in [-0.2, -0.15) is 17.2 Å². The van der Waals surface area contributed by atoms with Gasteiger partial charge in [0.05, 0.1) is 55.2 Å². The predicted molar refractivity (Wildman–Crippen MR) is 482 cm³/mol. The first-order valence-corrected chi connectivity index (χ1v) is 49.3. The van der Waals surface area contributed by atoms with E-state index in [-0.39, 0.29) is 90.0 Å². The van der Waals surface area contributed by atoms with Crippen LogP contribution in [0.3, 0.4) is 0 Å². The van der Waals surface area contributed by atoms with E-state index in [1.54, 1.807) is 152 Å². The third-order valence-electron chi connectivity index (χ3n) is 20.7. The SMILES string of the molecule is CC(=O)CN(CC(Cc1ccccc1)NC(=O)C(CCCCN)NC(=O)CN(CC(Cc1ccccc1)NC(=O)C1CCCCNC(=O)CCC(NC(=O)CN(CC(CCCCN)NC(=O)C(CCCCN)NC(C)C)S(=O)(=O)Cc2ccccc2)C(=O)NC(Cc2ccccc2)CN(S(=O)(=O)CCN)CC(=O)N1)S(=O)(=O)CCN)S(=O)(=O)Cc1ccccc1. The van der Waals surface area contributed by atoms with Gasteiger partial charge in [0.2, 0.25) is 87.4 Å². The van der Waals surface area contributed by atoms with Crippen LogP contribution in [0.1, 0.15) is 138 Å². The van der Waals surface area contributed by atoms with Crippen LogP contribution in [0.5, 0.6) is 0 Å². The van der Waals surface area contributed by atoms with Crippen molar-refractivity contribution in [2.75, 3.05) is 103 Å². The first-order valence-electron chi connectivity index (χ1n) is 42.9. The van der Waals surface area contributed by atoms with Gasteiger partial charge in [-0.25, -0.2) is 33.7 Å². The van der Waals surface area contributed by atoms with Gasteiger partial charge in [-0.3, -0.25) is 43.2 Å². The Morgan fingerprint density at radius 3 is 1.45 bits per heavy atom. The zero-order valence-electron chi connectivity index (χ0n) is 72.1. The van der Waals surface area contributed by atoms with Gasteiger partial charge < -0.3 is 76.5 Å². The summed E-state index contributed by atoms with van der Waals surface area (Å²) in [5.74, 6) is -9.38. The molecular formula is C86H132N18O17S4. The molecule has 19 N–H and O–H groups in total. The molecule has 0 spiro atoms. The molecule has 0 saturated carbocycles. The summed E-state index contributed by atoms with van der Waals surface area (Å²) in [7, 11) is -17.7. The highest BCUT2D eigenvalue weighted by molar-refractivity contribution is 7.89. The van der Waals surface area contributed by atoms with E-state index in [1.165, 1.54) is 6.92 Å². The number of benzene rings is 5. The van der Waals surface area contributed by atoms with Gasteiger partial charge in [-0.15, -0.1) is 0 Å². The monoisotopic (exact) mass is 1820 g/mol. The maximum Gasteiger partial charge on any atom is 0.242 e. The van der Waals surface area contributed by atoms with Gasteiger partial charge in [0.15, 0.2) is 0 Å². The molecule has 0 aliphatic carbocycles. The molecule has 8 atom stereocenters. The summed E-state index contributed by atoms with van der Waals surface area (Å²) in [5, 5.41) is 25.9. The fourth-order valence-corrected chi connectivity index (χ4v) is 20.2. The number of nitrogens with zero attached hydrogens (tertiary/aromatic N) is 4. The molecule has 1 heterocycles. The van der Waals surface area contributed by atoms with Crippen molar-refractivity contribution < 1.29 is 76.8 Å². The van der Waals surface area contributed by atoms with Crippen molar-refractivity contribution >= 4 is 93.1 Å². The predicted octanol–water partition coefficient (Wildman–Crippen LogP) is 0.376.